The maximum Gasteiger partial charge on any atom is 0.0446 e. The smallest absolute Gasteiger partial charge is 0.0446 e. The highest BCUT2D eigenvalue weighted by molar-refractivity contribution is 6.31. The van der Waals surface area contributed by atoms with E-state index in [0.717, 1.165) is 0 Å². The molecular formula is C13H15ClN2. The lowest BCUT2D eigenvalue weighted by atomic mass is 10.2. The third kappa shape index (κ3) is 4.71. The van der Waals surface area contributed by atoms with Crippen LogP contribution in [-0.2, 0) is 0 Å². The molecule has 0 aliphatic rings. The van der Waals surface area contributed by atoms with Gasteiger partial charge < -0.3 is 11.5 Å². The third-order valence-corrected chi connectivity index (χ3v) is 2.10. The van der Waals surface area contributed by atoms with E-state index in [4.69, 9.17) is 23.1 Å². The summed E-state index contributed by atoms with van der Waals surface area (Å²) < 4.78 is 0. The molecule has 0 aliphatic carbocycles. The van der Waals surface area contributed by atoms with Gasteiger partial charge in [0.05, 0.1) is 0 Å². The summed E-state index contributed by atoms with van der Waals surface area (Å²) in [6.07, 6.45) is 0. The Morgan fingerprint density at radius 2 is 1.38 bits per heavy atom. The summed E-state index contributed by atoms with van der Waals surface area (Å²) in [6.45, 7) is 2.08. The van der Waals surface area contributed by atoms with E-state index in [1.165, 1.54) is 5.56 Å². The molecule has 2 aromatic rings. The van der Waals surface area contributed by atoms with Crippen molar-refractivity contribution in [2.45, 2.75) is 6.92 Å². The van der Waals surface area contributed by atoms with Gasteiger partial charge in [-0.3, -0.25) is 0 Å². The number of hydrogen-bond acceptors (Lipinski definition) is 2. The zero-order valence-electron chi connectivity index (χ0n) is 9.15. The Labute approximate surface area is 101 Å². The van der Waals surface area contributed by atoms with E-state index in [1.807, 2.05) is 18.2 Å². The van der Waals surface area contributed by atoms with Crippen LogP contribution in [0.15, 0.2) is 48.5 Å². The van der Waals surface area contributed by atoms with Crippen LogP contribution in [-0.4, -0.2) is 0 Å². The van der Waals surface area contributed by atoms with Gasteiger partial charge in [-0.15, -0.1) is 0 Å². The lowest BCUT2D eigenvalue weighted by Crippen LogP contribution is -1.88. The van der Waals surface area contributed by atoms with E-state index in [2.05, 4.69) is 19.1 Å². The number of nitrogens with two attached hydrogens (primary N) is 2. The Balaban J connectivity index is 0.000000165. The topological polar surface area (TPSA) is 52.0 Å². The molecule has 84 valence electrons. The molecule has 0 fully saturated rings. The minimum Gasteiger partial charge on any atom is -0.399 e. The predicted octanol–water partition coefficient (Wildman–Crippen LogP) is 3.50. The monoisotopic (exact) mass is 234 g/mol. The number of aryl methyl sites for hydroxylation is 1. The quantitative estimate of drug-likeness (QED) is 0.686. The summed E-state index contributed by atoms with van der Waals surface area (Å²) in [5.41, 5.74) is 13.3. The van der Waals surface area contributed by atoms with E-state index >= 15 is 0 Å². The fourth-order valence-corrected chi connectivity index (χ4v) is 1.42. The van der Waals surface area contributed by atoms with Gasteiger partial charge in [0.2, 0.25) is 0 Å². The number of halogens is 1. The van der Waals surface area contributed by atoms with E-state index in [-0.39, 0.29) is 0 Å². The highest BCUT2D eigenvalue weighted by Crippen LogP contribution is 2.17. The molecule has 3 heteroatoms. The predicted molar refractivity (Wildman–Crippen MR) is 71.5 cm³/mol. The van der Waals surface area contributed by atoms with Crippen molar-refractivity contribution >= 4 is 23.0 Å². The number of benzene rings is 2. The molecule has 0 atom stereocenters. The molecule has 0 amide bonds. The van der Waals surface area contributed by atoms with Crippen molar-refractivity contribution in [3.05, 3.63) is 59.1 Å². The Hall–Kier alpha value is -1.67. The number of hydrogen-bond donors (Lipinski definition) is 2. The van der Waals surface area contributed by atoms with Crippen LogP contribution in [0.4, 0.5) is 11.4 Å². The molecule has 4 N–H and O–H groups in total. The molecule has 0 unspecified atom stereocenters. The summed E-state index contributed by atoms with van der Waals surface area (Å²) in [5.74, 6) is 0. The molecule has 0 saturated heterocycles. The van der Waals surface area contributed by atoms with E-state index in [0.29, 0.717) is 16.4 Å². The summed E-state index contributed by atoms with van der Waals surface area (Å²) in [5, 5.41) is 0.576. The maximum atomic E-state index is 5.59. The maximum absolute atomic E-state index is 5.59. The van der Waals surface area contributed by atoms with Crippen LogP contribution in [0, 0.1) is 6.92 Å². The van der Waals surface area contributed by atoms with Crippen molar-refractivity contribution in [1.82, 2.24) is 0 Å². The standard InChI is InChI=1S/C7H8.C6H7ClN2/c1-7-5-3-2-4-6-7;7-4-1-5(8)3-6(9)2-4/h2-6H,1H3;1-3H,8-9H2. The van der Waals surface area contributed by atoms with Gasteiger partial charge in [0, 0.05) is 16.4 Å². The van der Waals surface area contributed by atoms with Crippen molar-refractivity contribution in [3.63, 3.8) is 0 Å². The van der Waals surface area contributed by atoms with Crippen LogP contribution >= 0.6 is 11.6 Å². The average molecular weight is 235 g/mol. The van der Waals surface area contributed by atoms with E-state index in [1.54, 1.807) is 18.2 Å². The molecular weight excluding hydrogens is 220 g/mol. The Morgan fingerprint density at radius 3 is 1.69 bits per heavy atom. The van der Waals surface area contributed by atoms with Gasteiger partial charge in [-0.25, -0.2) is 0 Å². The van der Waals surface area contributed by atoms with Crippen LogP contribution in [0.25, 0.3) is 0 Å². The summed E-state index contributed by atoms with van der Waals surface area (Å²) in [6, 6.07) is 15.2. The van der Waals surface area contributed by atoms with Crippen LogP contribution in [0.2, 0.25) is 5.02 Å². The van der Waals surface area contributed by atoms with Crippen LogP contribution in [0.1, 0.15) is 5.56 Å². The zero-order chi connectivity index (χ0) is 12.0. The van der Waals surface area contributed by atoms with E-state index < -0.39 is 0 Å². The first-order valence-electron chi connectivity index (χ1n) is 4.91. The van der Waals surface area contributed by atoms with Gasteiger partial charge in [-0.1, -0.05) is 47.5 Å². The van der Waals surface area contributed by atoms with Gasteiger partial charge in [-0.05, 0) is 25.1 Å². The second-order valence-electron chi connectivity index (χ2n) is 3.47. The second-order valence-corrected chi connectivity index (χ2v) is 3.91. The normalized spacial score (nSPS) is 9.12. The molecule has 0 bridgehead atoms. The molecule has 2 rings (SSSR count). The summed E-state index contributed by atoms with van der Waals surface area (Å²) >= 11 is 5.59. The first-order valence-corrected chi connectivity index (χ1v) is 5.29. The zero-order valence-corrected chi connectivity index (χ0v) is 9.91. The van der Waals surface area contributed by atoms with Gasteiger partial charge in [-0.2, -0.15) is 0 Å². The largest absolute Gasteiger partial charge is 0.399 e. The Kier molecular flexibility index (Phi) is 4.67. The lowest BCUT2D eigenvalue weighted by molar-refractivity contribution is 1.48. The van der Waals surface area contributed by atoms with Crippen molar-refractivity contribution in [3.8, 4) is 0 Å². The molecule has 2 aromatic carbocycles. The molecule has 0 heterocycles. The summed E-state index contributed by atoms with van der Waals surface area (Å²) in [7, 11) is 0. The molecule has 0 radical (unpaired) electrons. The molecule has 2 nitrogen and oxygen atoms in total. The fraction of sp³-hybridized carbons (Fsp3) is 0.0769. The van der Waals surface area contributed by atoms with Gasteiger partial charge in [0.1, 0.15) is 0 Å². The van der Waals surface area contributed by atoms with Crippen LogP contribution < -0.4 is 11.5 Å². The van der Waals surface area contributed by atoms with E-state index in [9.17, 15) is 0 Å². The second kappa shape index (κ2) is 6.03. The molecule has 0 aliphatic heterocycles. The molecule has 16 heavy (non-hydrogen) atoms. The molecule has 0 spiro atoms. The number of nitrogen functional groups attached to an aromatic ring is 2. The summed E-state index contributed by atoms with van der Waals surface area (Å²) in [4.78, 5) is 0. The molecule has 0 aromatic heterocycles. The van der Waals surface area contributed by atoms with Crippen molar-refractivity contribution in [1.29, 1.82) is 0 Å². The minimum absolute atomic E-state index is 0.576. The highest BCUT2D eigenvalue weighted by atomic mass is 35.5. The Morgan fingerprint density at radius 1 is 0.875 bits per heavy atom. The van der Waals surface area contributed by atoms with Crippen molar-refractivity contribution in [2.24, 2.45) is 0 Å². The molecule has 0 saturated carbocycles. The lowest BCUT2D eigenvalue weighted by Gasteiger charge is -1.95. The minimum atomic E-state index is 0.576. The van der Waals surface area contributed by atoms with Gasteiger partial charge in [0.25, 0.3) is 0 Å². The van der Waals surface area contributed by atoms with Crippen LogP contribution in [0.3, 0.4) is 0 Å². The van der Waals surface area contributed by atoms with Crippen molar-refractivity contribution in [2.75, 3.05) is 11.5 Å². The van der Waals surface area contributed by atoms with Gasteiger partial charge in [0.15, 0.2) is 0 Å². The average Bonchev–Trinajstić information content (AvgIpc) is 2.17. The Bertz CT molecular complexity index is 390. The first kappa shape index (κ1) is 12.4. The van der Waals surface area contributed by atoms with Crippen molar-refractivity contribution < 1.29 is 0 Å². The number of anilines is 2. The highest BCUT2D eigenvalue weighted by Gasteiger charge is 1.90. The van der Waals surface area contributed by atoms with Gasteiger partial charge >= 0.3 is 0 Å². The van der Waals surface area contributed by atoms with Crippen LogP contribution in [0.5, 0.6) is 0 Å². The fourth-order valence-electron chi connectivity index (χ4n) is 1.17. The number of rotatable bonds is 0. The SMILES string of the molecule is Cc1ccccc1.Nc1cc(N)cc(Cl)c1. The third-order valence-electron chi connectivity index (χ3n) is 1.88. The first-order chi connectivity index (χ1) is 7.58.